The van der Waals surface area contributed by atoms with Crippen molar-refractivity contribution in [2.75, 3.05) is 0 Å². The summed E-state index contributed by atoms with van der Waals surface area (Å²) in [6, 6.07) is 8.75. The number of hydrogen-bond acceptors (Lipinski definition) is 4. The molecule has 3 rings (SSSR count). The first-order chi connectivity index (χ1) is 11.9. The molecule has 1 aromatic carbocycles. The minimum atomic E-state index is -0.518. The lowest BCUT2D eigenvalue weighted by molar-refractivity contribution is 0.168. The van der Waals surface area contributed by atoms with Gasteiger partial charge in [-0.3, -0.25) is 4.98 Å². The molecule has 4 heteroatoms. The van der Waals surface area contributed by atoms with Gasteiger partial charge in [-0.15, -0.1) is 0 Å². The van der Waals surface area contributed by atoms with Crippen LogP contribution in [-0.2, 0) is 0 Å². The van der Waals surface area contributed by atoms with Crippen LogP contribution in [0.25, 0.3) is 11.3 Å². The van der Waals surface area contributed by atoms with Gasteiger partial charge in [-0.1, -0.05) is 24.3 Å². The number of nitrogens with zero attached hydrogens (tertiary/aromatic N) is 1. The largest absolute Gasteiger partial charge is 0.507 e. The van der Waals surface area contributed by atoms with Crippen LogP contribution in [0.1, 0.15) is 31.7 Å². The van der Waals surface area contributed by atoms with E-state index in [9.17, 15) is 15.3 Å². The fraction of sp³-hybridized carbons (Fsp3) is 0.286. The Hall–Kier alpha value is -2.59. The zero-order valence-corrected chi connectivity index (χ0v) is 14.5. The second-order valence-corrected chi connectivity index (χ2v) is 6.78. The Kier molecular flexibility index (Phi) is 4.64. The third kappa shape index (κ3) is 3.30. The van der Waals surface area contributed by atoms with Gasteiger partial charge in [-0.2, -0.15) is 0 Å². The van der Waals surface area contributed by atoms with E-state index in [-0.39, 0.29) is 23.3 Å². The molecule has 1 heterocycles. The average molecular weight is 337 g/mol. The van der Waals surface area contributed by atoms with Crippen LogP contribution >= 0.6 is 0 Å². The molecule has 0 spiro atoms. The number of aliphatic hydroxyl groups excluding tert-OH is 1. The second-order valence-electron chi connectivity index (χ2n) is 6.78. The van der Waals surface area contributed by atoms with Gasteiger partial charge < -0.3 is 15.3 Å². The van der Waals surface area contributed by atoms with Crippen LogP contribution in [0.15, 0.2) is 60.3 Å². The molecule has 0 bridgehead atoms. The molecule has 0 saturated carbocycles. The van der Waals surface area contributed by atoms with E-state index in [1.807, 2.05) is 38.1 Å². The highest BCUT2D eigenvalue weighted by Gasteiger charge is 2.33. The summed E-state index contributed by atoms with van der Waals surface area (Å²) in [4.78, 5) is 4.26. The summed E-state index contributed by atoms with van der Waals surface area (Å²) in [7, 11) is 0. The molecule has 0 fully saturated rings. The highest BCUT2D eigenvalue weighted by atomic mass is 16.3. The van der Waals surface area contributed by atoms with Crippen molar-refractivity contribution in [1.82, 2.24) is 4.98 Å². The Balaban J connectivity index is 2.09. The fourth-order valence-corrected chi connectivity index (χ4v) is 3.52. The fourth-order valence-electron chi connectivity index (χ4n) is 3.52. The SMILES string of the molecule is C=C(C)[C@@H]1C[C@H](O)C(C)=C[C@H]1c1c(O)cc(-c2ccccn2)cc1O. The predicted molar refractivity (Wildman–Crippen MR) is 98.4 cm³/mol. The number of phenols is 2. The van der Waals surface area contributed by atoms with Gasteiger partial charge >= 0.3 is 0 Å². The topological polar surface area (TPSA) is 73.6 Å². The van der Waals surface area contributed by atoms with Crippen molar-refractivity contribution in [2.45, 2.75) is 32.3 Å². The predicted octanol–water partition coefficient (Wildman–Crippen LogP) is 4.15. The number of phenolic OH excluding ortho intramolecular Hbond substituents is 2. The molecule has 0 radical (unpaired) electrons. The van der Waals surface area contributed by atoms with Crippen molar-refractivity contribution >= 4 is 0 Å². The second kappa shape index (κ2) is 6.73. The van der Waals surface area contributed by atoms with Gasteiger partial charge in [0.05, 0.1) is 11.8 Å². The molecule has 1 aromatic heterocycles. The van der Waals surface area contributed by atoms with Crippen LogP contribution in [0.4, 0.5) is 0 Å². The maximum atomic E-state index is 10.6. The molecule has 4 nitrogen and oxygen atoms in total. The summed E-state index contributed by atoms with van der Waals surface area (Å²) >= 11 is 0. The Labute approximate surface area is 147 Å². The number of aromatic nitrogens is 1. The zero-order chi connectivity index (χ0) is 18.1. The van der Waals surface area contributed by atoms with Gasteiger partial charge in [0.15, 0.2) is 0 Å². The van der Waals surface area contributed by atoms with Crippen molar-refractivity contribution in [3.05, 3.63) is 65.9 Å². The number of hydrogen-bond donors (Lipinski definition) is 3. The first kappa shape index (κ1) is 17.2. The monoisotopic (exact) mass is 337 g/mol. The first-order valence-corrected chi connectivity index (χ1v) is 8.37. The van der Waals surface area contributed by atoms with Gasteiger partial charge in [-0.05, 0) is 56.0 Å². The van der Waals surface area contributed by atoms with Crippen LogP contribution in [0, 0.1) is 5.92 Å². The Bertz CT molecular complexity index is 803. The highest BCUT2D eigenvalue weighted by molar-refractivity contribution is 5.67. The Morgan fingerprint density at radius 1 is 1.20 bits per heavy atom. The van der Waals surface area contributed by atoms with Crippen LogP contribution in [0.2, 0.25) is 0 Å². The van der Waals surface area contributed by atoms with Crippen LogP contribution in [-0.4, -0.2) is 26.4 Å². The lowest BCUT2D eigenvalue weighted by Gasteiger charge is -2.34. The molecular weight excluding hydrogens is 314 g/mol. The van der Waals surface area contributed by atoms with Crippen LogP contribution < -0.4 is 0 Å². The molecule has 0 saturated heterocycles. The van der Waals surface area contributed by atoms with Crippen molar-refractivity contribution in [2.24, 2.45) is 5.92 Å². The molecule has 0 unspecified atom stereocenters. The van der Waals surface area contributed by atoms with E-state index in [1.54, 1.807) is 18.3 Å². The molecule has 3 N–H and O–H groups in total. The molecule has 1 aliphatic carbocycles. The quantitative estimate of drug-likeness (QED) is 0.736. The van der Waals surface area contributed by atoms with Gasteiger partial charge in [-0.25, -0.2) is 0 Å². The van der Waals surface area contributed by atoms with E-state index >= 15 is 0 Å². The van der Waals surface area contributed by atoms with E-state index in [4.69, 9.17) is 0 Å². The van der Waals surface area contributed by atoms with Crippen molar-refractivity contribution < 1.29 is 15.3 Å². The zero-order valence-electron chi connectivity index (χ0n) is 14.5. The number of pyridine rings is 1. The van der Waals surface area contributed by atoms with E-state index in [0.29, 0.717) is 23.2 Å². The number of rotatable bonds is 3. The maximum Gasteiger partial charge on any atom is 0.123 e. The van der Waals surface area contributed by atoms with Crippen LogP contribution in [0.5, 0.6) is 11.5 Å². The first-order valence-electron chi connectivity index (χ1n) is 8.37. The molecule has 2 aromatic rings. The Morgan fingerprint density at radius 3 is 2.44 bits per heavy atom. The summed E-state index contributed by atoms with van der Waals surface area (Å²) in [5, 5.41) is 31.4. The third-order valence-corrected chi connectivity index (χ3v) is 4.94. The average Bonchev–Trinajstić information content (AvgIpc) is 2.57. The summed E-state index contributed by atoms with van der Waals surface area (Å²) in [5.41, 5.74) is 3.57. The third-order valence-electron chi connectivity index (χ3n) is 4.94. The van der Waals surface area contributed by atoms with Crippen molar-refractivity contribution in [3.8, 4) is 22.8 Å². The summed E-state index contributed by atoms with van der Waals surface area (Å²) in [6.45, 7) is 7.80. The maximum absolute atomic E-state index is 10.6. The lowest BCUT2D eigenvalue weighted by Crippen LogP contribution is -2.26. The molecule has 0 aliphatic heterocycles. The molecule has 130 valence electrons. The summed E-state index contributed by atoms with van der Waals surface area (Å²) in [5.74, 6) is -0.218. The lowest BCUT2D eigenvalue weighted by atomic mass is 9.72. The molecule has 0 amide bonds. The molecule has 1 aliphatic rings. The minimum absolute atomic E-state index is 0.0253. The Morgan fingerprint density at radius 2 is 1.88 bits per heavy atom. The number of aromatic hydroxyl groups is 2. The minimum Gasteiger partial charge on any atom is -0.507 e. The van der Waals surface area contributed by atoms with Gasteiger partial charge in [0, 0.05) is 23.2 Å². The van der Waals surface area contributed by atoms with Crippen molar-refractivity contribution in [3.63, 3.8) is 0 Å². The van der Waals surface area contributed by atoms with Gasteiger partial charge in [0.1, 0.15) is 11.5 Å². The molecular formula is C21H23NO3. The molecule has 3 atom stereocenters. The van der Waals surface area contributed by atoms with E-state index in [2.05, 4.69) is 11.6 Å². The van der Waals surface area contributed by atoms with Crippen LogP contribution in [0.3, 0.4) is 0 Å². The number of aliphatic hydroxyl groups is 1. The number of allylic oxidation sites excluding steroid dienone is 2. The van der Waals surface area contributed by atoms with E-state index < -0.39 is 6.10 Å². The summed E-state index contributed by atoms with van der Waals surface area (Å²) in [6.07, 6.45) is 3.60. The normalized spacial score (nSPS) is 23.2. The highest BCUT2D eigenvalue weighted by Crippen LogP contribution is 2.47. The van der Waals surface area contributed by atoms with E-state index in [1.165, 1.54) is 0 Å². The smallest absolute Gasteiger partial charge is 0.123 e. The summed E-state index contributed by atoms with van der Waals surface area (Å²) < 4.78 is 0. The van der Waals surface area contributed by atoms with Gasteiger partial charge in [0.25, 0.3) is 0 Å². The molecule has 25 heavy (non-hydrogen) atoms. The van der Waals surface area contributed by atoms with Gasteiger partial charge in [0.2, 0.25) is 0 Å². The standard InChI is InChI=1S/C21H23NO3/c1-12(2)15-11-18(23)13(3)8-16(15)21-19(24)9-14(10-20(21)25)17-6-4-5-7-22-17/h4-10,15-16,18,23-25H,1,11H2,2-3H3/t15-,16+,18-/m0/s1. The van der Waals surface area contributed by atoms with Crippen molar-refractivity contribution in [1.29, 1.82) is 0 Å². The van der Waals surface area contributed by atoms with E-state index in [0.717, 1.165) is 11.1 Å². The number of benzene rings is 1.